The van der Waals surface area contributed by atoms with Crippen LogP contribution in [0.25, 0.3) is 81.4 Å². The first kappa shape index (κ1) is 25.1. The van der Waals surface area contributed by atoms with Crippen LogP contribution in [0.1, 0.15) is 5.56 Å². The Balaban J connectivity index is 1.30. The van der Waals surface area contributed by atoms with Crippen molar-refractivity contribution in [2.75, 3.05) is 0 Å². The van der Waals surface area contributed by atoms with Crippen molar-refractivity contribution in [1.29, 1.82) is 5.26 Å². The molecule has 0 fully saturated rings. The maximum atomic E-state index is 9.57. The monoisotopic (exact) mass is 560 g/mol. The van der Waals surface area contributed by atoms with Gasteiger partial charge in [0.1, 0.15) is 11.2 Å². The molecule has 0 aliphatic rings. The average molecular weight is 561 g/mol. The molecule has 0 unspecified atom stereocenters. The van der Waals surface area contributed by atoms with E-state index in [-0.39, 0.29) is 0 Å². The summed E-state index contributed by atoms with van der Waals surface area (Å²) in [6.45, 7) is 15.4. The van der Waals surface area contributed by atoms with Gasteiger partial charge in [0.05, 0.1) is 35.8 Å². The van der Waals surface area contributed by atoms with Crippen molar-refractivity contribution in [3.63, 3.8) is 0 Å². The van der Waals surface area contributed by atoms with E-state index in [1.165, 1.54) is 0 Å². The van der Waals surface area contributed by atoms with Gasteiger partial charge in [-0.05, 0) is 100 Å². The van der Waals surface area contributed by atoms with E-state index in [1.807, 2.05) is 66.7 Å². The minimum atomic E-state index is 0.524. The van der Waals surface area contributed by atoms with E-state index < -0.39 is 0 Å². The minimum absolute atomic E-state index is 0.524. The number of rotatable bonds is 3. The van der Waals surface area contributed by atoms with Crippen molar-refractivity contribution in [1.82, 2.24) is 4.57 Å². The largest absolute Gasteiger partial charge is 0.456 e. The molecule has 0 radical (unpaired) electrons. The normalized spacial score (nSPS) is 11.1. The van der Waals surface area contributed by atoms with Gasteiger partial charge in [-0.2, -0.15) is 5.26 Å². The Hall–Kier alpha value is -6.61. The van der Waals surface area contributed by atoms with Gasteiger partial charge in [0.15, 0.2) is 11.4 Å². The molecule has 0 aliphatic carbocycles. The molecule has 0 saturated carbocycles. The maximum absolute atomic E-state index is 9.57. The second-order valence-electron chi connectivity index (χ2n) is 10.7. The van der Waals surface area contributed by atoms with Crippen LogP contribution in [-0.4, -0.2) is 4.57 Å². The smallest absolute Gasteiger partial charge is 0.189 e. The Kier molecular flexibility index (Phi) is 5.56. The van der Waals surface area contributed by atoms with Crippen molar-refractivity contribution >= 4 is 55.1 Å². The molecular weight excluding hydrogens is 540 g/mol. The van der Waals surface area contributed by atoms with Crippen LogP contribution in [0.15, 0.2) is 126 Å². The summed E-state index contributed by atoms with van der Waals surface area (Å²) < 4.78 is 8.15. The molecule has 5 heteroatoms. The van der Waals surface area contributed by atoms with Gasteiger partial charge in [-0.15, -0.1) is 0 Å². The van der Waals surface area contributed by atoms with Crippen molar-refractivity contribution in [2.45, 2.75) is 0 Å². The molecule has 0 amide bonds. The van der Waals surface area contributed by atoms with Gasteiger partial charge < -0.3 is 8.98 Å². The zero-order chi connectivity index (χ0) is 29.8. The van der Waals surface area contributed by atoms with E-state index in [0.717, 1.165) is 71.7 Å². The van der Waals surface area contributed by atoms with E-state index in [9.17, 15) is 5.26 Å². The first-order valence-electron chi connectivity index (χ1n) is 14.0. The molecule has 0 atom stereocenters. The second kappa shape index (κ2) is 9.74. The lowest BCUT2D eigenvalue weighted by Crippen LogP contribution is -1.94. The van der Waals surface area contributed by atoms with Gasteiger partial charge >= 0.3 is 0 Å². The van der Waals surface area contributed by atoms with Crippen molar-refractivity contribution in [3.05, 3.63) is 150 Å². The second-order valence-corrected chi connectivity index (χ2v) is 10.7. The lowest BCUT2D eigenvalue weighted by molar-refractivity contribution is 0.669. The van der Waals surface area contributed by atoms with Crippen LogP contribution < -0.4 is 0 Å². The molecule has 2 aromatic heterocycles. The number of aromatic nitrogens is 1. The Labute approximate surface area is 252 Å². The van der Waals surface area contributed by atoms with E-state index >= 15 is 0 Å². The third-order valence-corrected chi connectivity index (χ3v) is 8.20. The fraction of sp³-hybridized carbons (Fsp3) is 0. The third-order valence-electron chi connectivity index (χ3n) is 8.20. The topological polar surface area (TPSA) is 50.6 Å². The SMILES string of the molecule is [C-]#[N+]c1cc(-c2cccc(-c3ccc4oc5ccccc5c4c3)c2)cc(-n2c3ccc(C#N)cc3c3cc([N+]#[C-])ccc32)c1. The summed E-state index contributed by atoms with van der Waals surface area (Å²) in [5, 5.41) is 13.5. The summed E-state index contributed by atoms with van der Waals surface area (Å²) in [5.74, 6) is 0. The van der Waals surface area contributed by atoms with E-state index in [1.54, 1.807) is 12.1 Å². The summed E-state index contributed by atoms with van der Waals surface area (Å²) in [5.41, 5.74) is 10.1. The molecule has 44 heavy (non-hydrogen) atoms. The van der Waals surface area contributed by atoms with Crippen LogP contribution in [0.2, 0.25) is 0 Å². The Bertz CT molecular complexity index is 2530. The maximum Gasteiger partial charge on any atom is 0.189 e. The number of hydrogen-bond acceptors (Lipinski definition) is 2. The van der Waals surface area contributed by atoms with Gasteiger partial charge in [-0.3, -0.25) is 0 Å². The van der Waals surface area contributed by atoms with Crippen LogP contribution in [0.4, 0.5) is 11.4 Å². The van der Waals surface area contributed by atoms with Gasteiger partial charge in [-0.25, -0.2) is 9.69 Å². The molecule has 5 nitrogen and oxygen atoms in total. The highest BCUT2D eigenvalue weighted by Crippen LogP contribution is 2.38. The van der Waals surface area contributed by atoms with Crippen LogP contribution in [0.3, 0.4) is 0 Å². The summed E-state index contributed by atoms with van der Waals surface area (Å²) in [6, 6.07) is 42.1. The first-order chi connectivity index (χ1) is 21.6. The summed E-state index contributed by atoms with van der Waals surface area (Å²) in [7, 11) is 0. The third kappa shape index (κ3) is 3.92. The zero-order valence-corrected chi connectivity index (χ0v) is 23.2. The van der Waals surface area contributed by atoms with Gasteiger partial charge in [-0.1, -0.05) is 48.5 Å². The summed E-state index contributed by atoms with van der Waals surface area (Å²) >= 11 is 0. The molecule has 0 spiro atoms. The molecule has 6 aromatic carbocycles. The van der Waals surface area contributed by atoms with Crippen LogP contribution in [0, 0.1) is 24.5 Å². The highest BCUT2D eigenvalue weighted by atomic mass is 16.3. The van der Waals surface area contributed by atoms with Gasteiger partial charge in [0.25, 0.3) is 0 Å². The fourth-order valence-electron chi connectivity index (χ4n) is 6.17. The molecule has 0 saturated heterocycles. The molecule has 2 heterocycles. The highest BCUT2D eigenvalue weighted by Gasteiger charge is 2.16. The Morgan fingerprint density at radius 2 is 1.27 bits per heavy atom. The van der Waals surface area contributed by atoms with Crippen LogP contribution in [0.5, 0.6) is 0 Å². The van der Waals surface area contributed by atoms with Crippen LogP contribution >= 0.6 is 0 Å². The lowest BCUT2D eigenvalue weighted by atomic mass is 9.97. The Morgan fingerprint density at radius 1 is 0.545 bits per heavy atom. The predicted octanol–water partition coefficient (Wildman–Crippen LogP) is 11.0. The van der Waals surface area contributed by atoms with Crippen molar-refractivity contribution in [2.24, 2.45) is 0 Å². The van der Waals surface area contributed by atoms with Gasteiger partial charge in [0.2, 0.25) is 0 Å². The first-order valence-corrected chi connectivity index (χ1v) is 14.0. The average Bonchev–Trinajstić information content (AvgIpc) is 3.62. The standard InChI is InChI=1S/C39H20N4O/c1-41-29-12-14-37-34(22-29)33-16-24(23-40)10-13-36(33)43(37)31-19-28(18-30(21-31)42-2)26-7-5-6-25(17-26)27-11-15-39-35(20-27)32-8-3-4-9-38(32)44-39/h3-22H. The zero-order valence-electron chi connectivity index (χ0n) is 23.2. The fourth-order valence-corrected chi connectivity index (χ4v) is 6.17. The molecule has 202 valence electrons. The number of hydrogen-bond donors (Lipinski definition) is 0. The number of benzene rings is 6. The molecule has 0 N–H and O–H groups in total. The minimum Gasteiger partial charge on any atom is -0.456 e. The number of nitriles is 1. The van der Waals surface area contributed by atoms with Crippen LogP contribution in [-0.2, 0) is 0 Å². The lowest BCUT2D eigenvalue weighted by Gasteiger charge is -2.13. The van der Waals surface area contributed by atoms with E-state index in [2.05, 4.69) is 62.8 Å². The summed E-state index contributed by atoms with van der Waals surface area (Å²) in [4.78, 5) is 7.45. The summed E-state index contributed by atoms with van der Waals surface area (Å²) in [6.07, 6.45) is 0. The van der Waals surface area contributed by atoms with Gasteiger partial charge in [0, 0.05) is 21.8 Å². The number of para-hydroxylation sites is 1. The quantitative estimate of drug-likeness (QED) is 0.202. The van der Waals surface area contributed by atoms with E-state index in [4.69, 9.17) is 17.6 Å². The molecule has 0 aliphatic heterocycles. The Morgan fingerprint density at radius 3 is 2.09 bits per heavy atom. The van der Waals surface area contributed by atoms with Crippen molar-refractivity contribution in [3.8, 4) is 34.0 Å². The van der Waals surface area contributed by atoms with E-state index in [0.29, 0.717) is 16.9 Å². The number of furan rings is 1. The molecule has 0 bridgehead atoms. The highest BCUT2D eigenvalue weighted by molar-refractivity contribution is 6.11. The molecule has 8 aromatic rings. The predicted molar refractivity (Wildman–Crippen MR) is 176 cm³/mol. The number of fused-ring (bicyclic) bond motifs is 6. The number of nitrogens with zero attached hydrogens (tertiary/aromatic N) is 4. The van der Waals surface area contributed by atoms with Crippen molar-refractivity contribution < 1.29 is 4.42 Å². The molecular formula is C39H20N4O. The molecule has 8 rings (SSSR count).